The summed E-state index contributed by atoms with van der Waals surface area (Å²) in [6.07, 6.45) is 1.29. The summed E-state index contributed by atoms with van der Waals surface area (Å²) in [6, 6.07) is 12.7. The second kappa shape index (κ2) is 8.81. The zero-order valence-electron chi connectivity index (χ0n) is 15.4. The van der Waals surface area contributed by atoms with Gasteiger partial charge in [-0.05, 0) is 42.0 Å². The Morgan fingerprint density at radius 1 is 1.00 bits per heavy atom. The van der Waals surface area contributed by atoms with Gasteiger partial charge in [0.1, 0.15) is 23.7 Å². The predicted octanol–water partition coefficient (Wildman–Crippen LogP) is 3.31. The lowest BCUT2D eigenvalue weighted by molar-refractivity contribution is 0.0945. The normalized spacial score (nSPS) is 10.2. The van der Waals surface area contributed by atoms with Gasteiger partial charge in [0, 0.05) is 18.3 Å². The molecule has 0 aliphatic rings. The van der Waals surface area contributed by atoms with Crippen LogP contribution in [0.15, 0.2) is 54.9 Å². The Kier molecular flexibility index (Phi) is 6.01. The molecule has 0 spiro atoms. The number of hydrogen-bond donors (Lipinski definition) is 2. The van der Waals surface area contributed by atoms with Crippen molar-refractivity contribution < 1.29 is 18.7 Å². The number of anilines is 2. The molecule has 0 saturated carbocycles. The van der Waals surface area contributed by atoms with Crippen molar-refractivity contribution in [2.75, 3.05) is 19.5 Å². The molecule has 2 aromatic carbocycles. The first-order chi connectivity index (χ1) is 13.6. The number of hydrogen-bond acceptors (Lipinski definition) is 6. The first-order valence-electron chi connectivity index (χ1n) is 8.43. The fourth-order valence-corrected chi connectivity index (χ4v) is 2.49. The zero-order chi connectivity index (χ0) is 19.9. The van der Waals surface area contributed by atoms with E-state index in [0.717, 1.165) is 5.56 Å². The number of rotatable bonds is 7. The highest BCUT2D eigenvalue weighted by molar-refractivity contribution is 5.92. The fraction of sp³-hybridized carbons (Fsp3) is 0.150. The van der Waals surface area contributed by atoms with Gasteiger partial charge in [-0.1, -0.05) is 6.07 Å². The molecule has 1 amide bonds. The number of nitrogens with one attached hydrogen (secondary N) is 2. The Balaban J connectivity index is 1.65. The van der Waals surface area contributed by atoms with Gasteiger partial charge in [-0.3, -0.25) is 4.79 Å². The third kappa shape index (κ3) is 4.73. The molecule has 2 N–H and O–H groups in total. The van der Waals surface area contributed by atoms with Crippen LogP contribution >= 0.6 is 0 Å². The molecule has 0 atom stereocenters. The Hall–Kier alpha value is -3.68. The maximum Gasteiger partial charge on any atom is 0.270 e. The van der Waals surface area contributed by atoms with Crippen molar-refractivity contribution in [2.24, 2.45) is 0 Å². The molecular formula is C20H19FN4O3. The highest BCUT2D eigenvalue weighted by atomic mass is 19.1. The van der Waals surface area contributed by atoms with Crippen molar-refractivity contribution in [3.63, 3.8) is 0 Å². The molecule has 28 heavy (non-hydrogen) atoms. The number of carbonyl (C=O) groups is 1. The molecule has 3 rings (SSSR count). The van der Waals surface area contributed by atoms with Gasteiger partial charge >= 0.3 is 0 Å². The quantitative estimate of drug-likeness (QED) is 0.652. The standard InChI is InChI=1S/C20H19FN4O3/c1-27-17-8-3-13(9-18(17)28-2)11-22-20(26)16-10-19(24-12-23-16)25-15-6-4-14(21)5-7-15/h3-10,12H,11H2,1-2H3,(H,22,26)(H,23,24,25). The number of halogens is 1. The number of carbonyl (C=O) groups excluding carboxylic acids is 1. The van der Waals surface area contributed by atoms with E-state index in [9.17, 15) is 9.18 Å². The van der Waals surface area contributed by atoms with E-state index in [-0.39, 0.29) is 17.4 Å². The van der Waals surface area contributed by atoms with Crippen LogP contribution in [0.5, 0.6) is 11.5 Å². The van der Waals surface area contributed by atoms with E-state index in [1.54, 1.807) is 38.5 Å². The Morgan fingerprint density at radius 3 is 2.46 bits per heavy atom. The second-order valence-corrected chi connectivity index (χ2v) is 5.79. The number of amides is 1. The van der Waals surface area contributed by atoms with Gasteiger partial charge in [0.15, 0.2) is 11.5 Å². The summed E-state index contributed by atoms with van der Waals surface area (Å²) in [5.74, 6) is 0.952. The minimum atomic E-state index is -0.348. The molecule has 0 saturated heterocycles. The third-order valence-corrected chi connectivity index (χ3v) is 3.92. The van der Waals surface area contributed by atoms with Crippen LogP contribution in [0.1, 0.15) is 16.1 Å². The Labute approximate surface area is 161 Å². The van der Waals surface area contributed by atoms with Crippen molar-refractivity contribution in [3.8, 4) is 11.5 Å². The monoisotopic (exact) mass is 382 g/mol. The zero-order valence-corrected chi connectivity index (χ0v) is 15.4. The van der Waals surface area contributed by atoms with Crippen molar-refractivity contribution in [1.82, 2.24) is 15.3 Å². The molecule has 0 aliphatic heterocycles. The molecule has 8 heteroatoms. The van der Waals surface area contributed by atoms with Crippen molar-refractivity contribution >= 4 is 17.4 Å². The average molecular weight is 382 g/mol. The van der Waals surface area contributed by atoms with E-state index in [1.165, 1.54) is 24.5 Å². The van der Waals surface area contributed by atoms with Crippen molar-refractivity contribution in [2.45, 2.75) is 6.54 Å². The lowest BCUT2D eigenvalue weighted by atomic mass is 10.2. The molecule has 0 fully saturated rings. The molecule has 3 aromatic rings. The Bertz CT molecular complexity index is 964. The first kappa shape index (κ1) is 19.1. The van der Waals surface area contributed by atoms with Gasteiger partial charge in [-0.2, -0.15) is 0 Å². The lowest BCUT2D eigenvalue weighted by Crippen LogP contribution is -2.24. The van der Waals surface area contributed by atoms with Crippen LogP contribution < -0.4 is 20.1 Å². The van der Waals surface area contributed by atoms with Crippen LogP contribution in [0.25, 0.3) is 0 Å². The maximum atomic E-state index is 13.0. The highest BCUT2D eigenvalue weighted by Gasteiger charge is 2.10. The van der Waals surface area contributed by atoms with E-state index < -0.39 is 0 Å². The molecule has 0 aliphatic carbocycles. The van der Waals surface area contributed by atoms with Crippen molar-refractivity contribution in [1.29, 1.82) is 0 Å². The minimum absolute atomic E-state index is 0.208. The molecule has 144 valence electrons. The van der Waals surface area contributed by atoms with Crippen LogP contribution in [-0.4, -0.2) is 30.1 Å². The molecule has 1 aromatic heterocycles. The number of nitrogens with zero attached hydrogens (tertiary/aromatic N) is 2. The second-order valence-electron chi connectivity index (χ2n) is 5.79. The molecule has 1 heterocycles. The predicted molar refractivity (Wildman–Crippen MR) is 102 cm³/mol. The SMILES string of the molecule is COc1ccc(CNC(=O)c2cc(Nc3ccc(F)cc3)ncn2)cc1OC. The molecule has 0 unspecified atom stereocenters. The van der Waals surface area contributed by atoms with Gasteiger partial charge < -0.3 is 20.1 Å². The van der Waals surface area contributed by atoms with Gasteiger partial charge in [-0.25, -0.2) is 14.4 Å². The van der Waals surface area contributed by atoms with Crippen molar-refractivity contribution in [3.05, 3.63) is 71.9 Å². The average Bonchev–Trinajstić information content (AvgIpc) is 2.73. The summed E-state index contributed by atoms with van der Waals surface area (Å²) in [6.45, 7) is 0.296. The summed E-state index contributed by atoms with van der Waals surface area (Å²) in [5, 5.41) is 5.80. The van der Waals surface area contributed by atoms with Crippen LogP contribution in [0.3, 0.4) is 0 Å². The molecule has 0 bridgehead atoms. The number of aromatic nitrogens is 2. The smallest absolute Gasteiger partial charge is 0.270 e. The molecule has 7 nitrogen and oxygen atoms in total. The van der Waals surface area contributed by atoms with Crippen LogP contribution in [0.4, 0.5) is 15.9 Å². The summed E-state index contributed by atoms with van der Waals surface area (Å²) >= 11 is 0. The highest BCUT2D eigenvalue weighted by Crippen LogP contribution is 2.27. The van der Waals surface area contributed by atoms with Gasteiger partial charge in [-0.15, -0.1) is 0 Å². The summed E-state index contributed by atoms with van der Waals surface area (Å²) in [7, 11) is 3.11. The maximum absolute atomic E-state index is 13.0. The Morgan fingerprint density at radius 2 is 1.75 bits per heavy atom. The van der Waals surface area contributed by atoms with Crippen LogP contribution in [-0.2, 0) is 6.54 Å². The van der Waals surface area contributed by atoms with E-state index in [2.05, 4.69) is 20.6 Å². The molecule has 0 radical (unpaired) electrons. The topological polar surface area (TPSA) is 85.4 Å². The van der Waals surface area contributed by atoms with Crippen LogP contribution in [0, 0.1) is 5.82 Å². The van der Waals surface area contributed by atoms with E-state index in [1.807, 2.05) is 6.07 Å². The van der Waals surface area contributed by atoms with Gasteiger partial charge in [0.2, 0.25) is 0 Å². The van der Waals surface area contributed by atoms with E-state index in [0.29, 0.717) is 29.5 Å². The lowest BCUT2D eigenvalue weighted by Gasteiger charge is -2.10. The number of ether oxygens (including phenoxy) is 2. The first-order valence-corrected chi connectivity index (χ1v) is 8.43. The minimum Gasteiger partial charge on any atom is -0.493 e. The summed E-state index contributed by atoms with van der Waals surface area (Å²) in [4.78, 5) is 20.5. The fourth-order valence-electron chi connectivity index (χ4n) is 2.49. The van der Waals surface area contributed by atoms with E-state index >= 15 is 0 Å². The largest absolute Gasteiger partial charge is 0.493 e. The van der Waals surface area contributed by atoms with Gasteiger partial charge in [0.05, 0.1) is 14.2 Å². The van der Waals surface area contributed by atoms with Crippen LogP contribution in [0.2, 0.25) is 0 Å². The molecular weight excluding hydrogens is 363 g/mol. The van der Waals surface area contributed by atoms with Gasteiger partial charge in [0.25, 0.3) is 5.91 Å². The third-order valence-electron chi connectivity index (χ3n) is 3.92. The number of benzene rings is 2. The summed E-state index contributed by atoms with van der Waals surface area (Å²) < 4.78 is 23.4. The summed E-state index contributed by atoms with van der Waals surface area (Å²) in [5.41, 5.74) is 1.71. The van der Waals surface area contributed by atoms with E-state index in [4.69, 9.17) is 9.47 Å². The number of methoxy groups -OCH3 is 2.